The molecule has 0 bridgehead atoms. The van der Waals surface area contributed by atoms with Crippen molar-refractivity contribution in [2.75, 3.05) is 13.1 Å². The standard InChI is InChI=1S/C14H25N5/c1-10(2)18-7-6-11(9-18)8-14-17-16-13-5-3-4-12(15)19(13)14/h10-12H,3-9,15H2,1-2H3. The van der Waals surface area contributed by atoms with Gasteiger partial charge >= 0.3 is 0 Å². The average molecular weight is 263 g/mol. The Hall–Kier alpha value is -0.940. The van der Waals surface area contributed by atoms with Crippen LogP contribution in [0.15, 0.2) is 0 Å². The summed E-state index contributed by atoms with van der Waals surface area (Å²) in [4.78, 5) is 2.55. The minimum absolute atomic E-state index is 0.0938. The van der Waals surface area contributed by atoms with E-state index < -0.39 is 0 Å². The molecule has 2 unspecified atom stereocenters. The van der Waals surface area contributed by atoms with Crippen molar-refractivity contribution < 1.29 is 0 Å². The fourth-order valence-corrected chi connectivity index (χ4v) is 3.41. The highest BCUT2D eigenvalue weighted by Crippen LogP contribution is 2.26. The van der Waals surface area contributed by atoms with Gasteiger partial charge in [0.25, 0.3) is 0 Å². The number of rotatable bonds is 3. The Morgan fingerprint density at radius 3 is 2.89 bits per heavy atom. The summed E-state index contributed by atoms with van der Waals surface area (Å²) >= 11 is 0. The molecule has 3 heterocycles. The number of hydrogen-bond donors (Lipinski definition) is 1. The molecule has 0 aromatic carbocycles. The predicted octanol–water partition coefficient (Wildman–Crippen LogP) is 1.34. The summed E-state index contributed by atoms with van der Waals surface area (Å²) in [6.45, 7) is 6.96. The van der Waals surface area contributed by atoms with Gasteiger partial charge < -0.3 is 10.6 Å². The number of aromatic nitrogens is 3. The molecule has 2 atom stereocenters. The zero-order valence-corrected chi connectivity index (χ0v) is 12.0. The molecule has 1 aromatic heterocycles. The molecule has 5 nitrogen and oxygen atoms in total. The second-order valence-corrected chi connectivity index (χ2v) is 6.31. The van der Waals surface area contributed by atoms with Crippen molar-refractivity contribution >= 4 is 0 Å². The first-order valence-corrected chi connectivity index (χ1v) is 7.57. The molecule has 0 spiro atoms. The number of nitrogens with zero attached hydrogens (tertiary/aromatic N) is 4. The molecular weight excluding hydrogens is 238 g/mol. The fourth-order valence-electron chi connectivity index (χ4n) is 3.41. The molecule has 0 amide bonds. The monoisotopic (exact) mass is 263 g/mol. The SMILES string of the molecule is CC(C)N1CCC(Cc2nnc3n2C(N)CCC3)C1. The smallest absolute Gasteiger partial charge is 0.134 e. The van der Waals surface area contributed by atoms with Gasteiger partial charge in [0.15, 0.2) is 0 Å². The summed E-state index contributed by atoms with van der Waals surface area (Å²) in [5.74, 6) is 2.91. The number of hydrogen-bond acceptors (Lipinski definition) is 4. The zero-order chi connectivity index (χ0) is 13.4. The summed E-state index contributed by atoms with van der Waals surface area (Å²) in [5, 5.41) is 8.72. The Morgan fingerprint density at radius 1 is 1.32 bits per heavy atom. The topological polar surface area (TPSA) is 60.0 Å². The third kappa shape index (κ3) is 2.54. The lowest BCUT2D eigenvalue weighted by Crippen LogP contribution is -2.29. The summed E-state index contributed by atoms with van der Waals surface area (Å²) in [5.41, 5.74) is 6.21. The number of fused-ring (bicyclic) bond motifs is 1. The molecule has 2 aliphatic rings. The van der Waals surface area contributed by atoms with Crippen molar-refractivity contribution in [1.29, 1.82) is 0 Å². The Bertz CT molecular complexity index is 439. The highest BCUT2D eigenvalue weighted by atomic mass is 15.3. The maximum Gasteiger partial charge on any atom is 0.134 e. The largest absolute Gasteiger partial charge is 0.311 e. The van der Waals surface area contributed by atoms with Crippen LogP contribution in [0.3, 0.4) is 0 Å². The van der Waals surface area contributed by atoms with Crippen molar-refractivity contribution in [3.63, 3.8) is 0 Å². The fraction of sp³-hybridized carbons (Fsp3) is 0.857. The first-order valence-electron chi connectivity index (χ1n) is 7.57. The highest BCUT2D eigenvalue weighted by molar-refractivity contribution is 5.03. The van der Waals surface area contributed by atoms with Crippen LogP contribution in [0.25, 0.3) is 0 Å². The maximum absolute atomic E-state index is 6.21. The van der Waals surface area contributed by atoms with Crippen molar-refractivity contribution in [3.05, 3.63) is 11.6 Å². The molecule has 2 N–H and O–H groups in total. The zero-order valence-electron chi connectivity index (χ0n) is 12.0. The van der Waals surface area contributed by atoms with Crippen LogP contribution in [0.4, 0.5) is 0 Å². The molecule has 0 saturated carbocycles. The van der Waals surface area contributed by atoms with Gasteiger partial charge in [0.1, 0.15) is 11.6 Å². The first kappa shape index (κ1) is 13.1. The van der Waals surface area contributed by atoms with Crippen molar-refractivity contribution in [2.24, 2.45) is 11.7 Å². The molecule has 0 radical (unpaired) electrons. The average Bonchev–Trinajstić information content (AvgIpc) is 2.98. The van der Waals surface area contributed by atoms with E-state index in [2.05, 4.69) is 33.5 Å². The molecule has 2 aliphatic heterocycles. The normalized spacial score (nSPS) is 28.0. The number of likely N-dealkylation sites (tertiary alicyclic amines) is 1. The second kappa shape index (κ2) is 5.21. The molecule has 1 saturated heterocycles. The Morgan fingerprint density at radius 2 is 2.16 bits per heavy atom. The van der Waals surface area contributed by atoms with Crippen LogP contribution >= 0.6 is 0 Å². The van der Waals surface area contributed by atoms with E-state index in [4.69, 9.17) is 5.73 Å². The molecule has 1 fully saturated rings. The van der Waals surface area contributed by atoms with Crippen LogP contribution < -0.4 is 5.73 Å². The van der Waals surface area contributed by atoms with Crippen LogP contribution in [-0.2, 0) is 12.8 Å². The van der Waals surface area contributed by atoms with Gasteiger partial charge in [-0.1, -0.05) is 0 Å². The van der Waals surface area contributed by atoms with Gasteiger partial charge in [0.05, 0.1) is 6.17 Å². The summed E-state index contributed by atoms with van der Waals surface area (Å²) in [6, 6.07) is 0.652. The molecule has 106 valence electrons. The van der Waals surface area contributed by atoms with E-state index in [0.29, 0.717) is 12.0 Å². The van der Waals surface area contributed by atoms with Gasteiger partial charge in [-0.25, -0.2) is 0 Å². The lowest BCUT2D eigenvalue weighted by atomic mass is 10.0. The van der Waals surface area contributed by atoms with Gasteiger partial charge in [0.2, 0.25) is 0 Å². The van der Waals surface area contributed by atoms with E-state index >= 15 is 0 Å². The second-order valence-electron chi connectivity index (χ2n) is 6.31. The molecule has 5 heteroatoms. The van der Waals surface area contributed by atoms with Gasteiger partial charge in [0, 0.05) is 25.4 Å². The Balaban J connectivity index is 1.70. The predicted molar refractivity (Wildman–Crippen MR) is 74.7 cm³/mol. The summed E-state index contributed by atoms with van der Waals surface area (Å²) in [6.07, 6.45) is 5.63. The quantitative estimate of drug-likeness (QED) is 0.894. The van der Waals surface area contributed by atoms with Crippen molar-refractivity contribution in [3.8, 4) is 0 Å². The van der Waals surface area contributed by atoms with E-state index in [1.807, 2.05) is 0 Å². The van der Waals surface area contributed by atoms with E-state index in [-0.39, 0.29) is 6.17 Å². The molecule has 3 rings (SSSR count). The van der Waals surface area contributed by atoms with Gasteiger partial charge in [-0.05, 0) is 45.6 Å². The molecule has 1 aromatic rings. The third-order valence-electron chi connectivity index (χ3n) is 4.59. The maximum atomic E-state index is 6.21. The number of aryl methyl sites for hydroxylation is 1. The van der Waals surface area contributed by atoms with Crippen LogP contribution in [0.5, 0.6) is 0 Å². The van der Waals surface area contributed by atoms with Crippen LogP contribution in [0.2, 0.25) is 0 Å². The summed E-state index contributed by atoms with van der Waals surface area (Å²) < 4.78 is 2.20. The van der Waals surface area contributed by atoms with E-state index in [1.165, 1.54) is 19.5 Å². The molecule has 19 heavy (non-hydrogen) atoms. The molecule has 0 aliphatic carbocycles. The highest BCUT2D eigenvalue weighted by Gasteiger charge is 2.28. The summed E-state index contributed by atoms with van der Waals surface area (Å²) in [7, 11) is 0. The Labute approximate surface area is 115 Å². The van der Waals surface area contributed by atoms with E-state index in [9.17, 15) is 0 Å². The van der Waals surface area contributed by atoms with Gasteiger partial charge in [-0.2, -0.15) is 0 Å². The number of nitrogens with two attached hydrogens (primary N) is 1. The lowest BCUT2D eigenvalue weighted by Gasteiger charge is -2.23. The van der Waals surface area contributed by atoms with Crippen molar-refractivity contribution in [1.82, 2.24) is 19.7 Å². The van der Waals surface area contributed by atoms with Gasteiger partial charge in [-0.3, -0.25) is 4.57 Å². The lowest BCUT2D eigenvalue weighted by molar-refractivity contribution is 0.263. The van der Waals surface area contributed by atoms with Crippen molar-refractivity contribution in [2.45, 2.75) is 58.2 Å². The van der Waals surface area contributed by atoms with Gasteiger partial charge in [-0.15, -0.1) is 10.2 Å². The van der Waals surface area contributed by atoms with Crippen LogP contribution in [0, 0.1) is 5.92 Å². The minimum atomic E-state index is 0.0938. The third-order valence-corrected chi connectivity index (χ3v) is 4.59. The first-order chi connectivity index (χ1) is 9.15. The van der Waals surface area contributed by atoms with E-state index in [1.54, 1.807) is 0 Å². The molecular formula is C14H25N5. The minimum Gasteiger partial charge on any atom is -0.311 e. The van der Waals surface area contributed by atoms with E-state index in [0.717, 1.165) is 37.3 Å². The van der Waals surface area contributed by atoms with Crippen LogP contribution in [-0.4, -0.2) is 38.8 Å². The van der Waals surface area contributed by atoms with Crippen LogP contribution in [0.1, 0.15) is 50.9 Å². The Kier molecular flexibility index (Phi) is 3.58.